The molecule has 3 aromatic rings. The molecule has 0 spiro atoms. The monoisotopic (exact) mass is 314 g/mol. The summed E-state index contributed by atoms with van der Waals surface area (Å²) >= 11 is 0. The Kier molecular flexibility index (Phi) is 4.11. The summed E-state index contributed by atoms with van der Waals surface area (Å²) in [7, 11) is 3.28. The Bertz CT molecular complexity index is 825. The van der Waals surface area contributed by atoms with E-state index in [1.807, 2.05) is 6.07 Å². The third-order valence-electron chi connectivity index (χ3n) is 3.08. The Hall–Kier alpha value is -3.07. The van der Waals surface area contributed by atoms with Gasteiger partial charge in [-0.2, -0.15) is 0 Å². The predicted molar refractivity (Wildman–Crippen MR) is 79.4 cm³/mol. The van der Waals surface area contributed by atoms with E-state index in [1.165, 1.54) is 13.2 Å². The van der Waals surface area contributed by atoms with Crippen molar-refractivity contribution in [1.29, 1.82) is 0 Å². The largest absolute Gasteiger partial charge is 0.377 e. The van der Waals surface area contributed by atoms with Gasteiger partial charge in [0.25, 0.3) is 5.91 Å². The zero-order valence-electron chi connectivity index (χ0n) is 12.6. The van der Waals surface area contributed by atoms with E-state index in [0.717, 1.165) is 5.56 Å². The minimum absolute atomic E-state index is 0.183. The molecule has 1 aromatic carbocycles. The number of nitrogens with zero attached hydrogens (tertiary/aromatic N) is 5. The Morgan fingerprint density at radius 1 is 1.39 bits per heavy atom. The Balaban J connectivity index is 1.77. The topological polar surface area (TPSA) is 108 Å². The fourth-order valence-corrected chi connectivity index (χ4v) is 2.04. The van der Waals surface area contributed by atoms with Gasteiger partial charge in [0.05, 0.1) is 0 Å². The molecule has 3 rings (SSSR count). The summed E-state index contributed by atoms with van der Waals surface area (Å²) in [6.07, 6.45) is 0. The van der Waals surface area contributed by atoms with Crippen molar-refractivity contribution < 1.29 is 14.1 Å². The highest BCUT2D eigenvalue weighted by Crippen LogP contribution is 2.20. The number of benzene rings is 1. The van der Waals surface area contributed by atoms with E-state index >= 15 is 0 Å². The van der Waals surface area contributed by atoms with Crippen molar-refractivity contribution in [3.63, 3.8) is 0 Å². The number of nitrogens with one attached hydrogen (secondary N) is 1. The van der Waals surface area contributed by atoms with Crippen LogP contribution >= 0.6 is 0 Å². The maximum absolute atomic E-state index is 12.2. The zero-order valence-corrected chi connectivity index (χ0v) is 12.6. The number of rotatable bonds is 5. The van der Waals surface area contributed by atoms with Gasteiger partial charge in [-0.3, -0.25) is 4.79 Å². The van der Waals surface area contributed by atoms with Crippen molar-refractivity contribution in [1.82, 2.24) is 25.4 Å². The Labute approximate surface area is 131 Å². The molecule has 1 N–H and O–H groups in total. The van der Waals surface area contributed by atoms with Crippen LogP contribution in [0, 0.1) is 0 Å². The number of anilines is 1. The van der Waals surface area contributed by atoms with Crippen LogP contribution in [0.15, 0.2) is 34.9 Å². The summed E-state index contributed by atoms with van der Waals surface area (Å²) in [5.74, 6) is 0.714. The van der Waals surface area contributed by atoms with Crippen LogP contribution in [0.3, 0.4) is 0 Å². The van der Waals surface area contributed by atoms with Gasteiger partial charge >= 0.3 is 0 Å². The lowest BCUT2D eigenvalue weighted by Crippen LogP contribution is -2.12. The quantitative estimate of drug-likeness (QED) is 0.755. The lowest BCUT2D eigenvalue weighted by atomic mass is 10.2. The molecule has 9 heteroatoms. The summed E-state index contributed by atoms with van der Waals surface area (Å²) in [4.78, 5) is 12.2. The van der Waals surface area contributed by atoms with Crippen molar-refractivity contribution >= 4 is 11.6 Å². The molecule has 0 aliphatic heterocycles. The first-order valence-corrected chi connectivity index (χ1v) is 6.76. The van der Waals surface area contributed by atoms with Gasteiger partial charge in [0.2, 0.25) is 0 Å². The molecule has 118 valence electrons. The number of tetrazole rings is 1. The number of hydrogen-bond donors (Lipinski definition) is 1. The van der Waals surface area contributed by atoms with Crippen molar-refractivity contribution in [2.24, 2.45) is 7.05 Å². The second kappa shape index (κ2) is 6.36. The van der Waals surface area contributed by atoms with Crippen LogP contribution in [0.4, 0.5) is 5.69 Å². The van der Waals surface area contributed by atoms with E-state index in [4.69, 9.17) is 9.26 Å². The van der Waals surface area contributed by atoms with Crippen LogP contribution in [-0.2, 0) is 18.4 Å². The van der Waals surface area contributed by atoms with Gasteiger partial charge in [-0.15, -0.1) is 5.10 Å². The van der Waals surface area contributed by atoms with Crippen molar-refractivity contribution in [2.75, 3.05) is 12.4 Å². The summed E-state index contributed by atoms with van der Waals surface area (Å²) in [6.45, 7) is 0.259. The molecule has 0 saturated heterocycles. The minimum atomic E-state index is -0.371. The maximum Gasteiger partial charge on any atom is 0.277 e. The van der Waals surface area contributed by atoms with Gasteiger partial charge in [0, 0.05) is 31.5 Å². The summed E-state index contributed by atoms with van der Waals surface area (Å²) in [6, 6.07) is 8.74. The lowest BCUT2D eigenvalue weighted by molar-refractivity contribution is 0.101. The minimum Gasteiger partial charge on any atom is -0.377 e. The smallest absolute Gasteiger partial charge is 0.277 e. The van der Waals surface area contributed by atoms with Crippen molar-refractivity contribution in [2.45, 2.75) is 6.61 Å². The predicted octanol–water partition coefficient (Wildman–Crippen LogP) is 1.26. The molecule has 0 saturated carbocycles. The molecule has 0 unspecified atom stereocenters. The molecule has 0 fully saturated rings. The first-order valence-electron chi connectivity index (χ1n) is 6.76. The van der Waals surface area contributed by atoms with Gasteiger partial charge in [0.15, 0.2) is 17.3 Å². The number of aryl methyl sites for hydroxylation is 1. The highest BCUT2D eigenvalue weighted by Gasteiger charge is 2.13. The molecule has 2 aromatic heterocycles. The van der Waals surface area contributed by atoms with Gasteiger partial charge in [-0.1, -0.05) is 17.3 Å². The van der Waals surface area contributed by atoms with Gasteiger partial charge in [0.1, 0.15) is 6.61 Å². The second-order valence-corrected chi connectivity index (χ2v) is 4.77. The third-order valence-corrected chi connectivity index (χ3v) is 3.08. The van der Waals surface area contributed by atoms with E-state index < -0.39 is 0 Å². The number of hydrogen-bond acceptors (Lipinski definition) is 7. The SMILES string of the molecule is COCc1cc(C(=O)Nc2cccc(-c3nnnn3C)c2)no1. The molecule has 0 aliphatic rings. The van der Waals surface area contributed by atoms with E-state index in [1.54, 1.807) is 29.9 Å². The number of ether oxygens (including phenoxy) is 1. The standard InChI is InChI=1S/C14H14N6O3/c1-20-13(16-18-19-20)9-4-3-5-10(6-9)15-14(21)12-7-11(8-22-2)23-17-12/h3-7H,8H2,1-2H3,(H,15,21). The molecule has 2 heterocycles. The van der Waals surface area contributed by atoms with Crippen molar-refractivity contribution in [3.05, 3.63) is 41.8 Å². The number of amides is 1. The number of carbonyl (C=O) groups is 1. The number of carbonyl (C=O) groups excluding carboxylic acids is 1. The zero-order chi connectivity index (χ0) is 16.2. The molecule has 23 heavy (non-hydrogen) atoms. The van der Waals surface area contributed by atoms with Crippen LogP contribution in [0.2, 0.25) is 0 Å². The second-order valence-electron chi connectivity index (χ2n) is 4.77. The van der Waals surface area contributed by atoms with Gasteiger partial charge in [-0.05, 0) is 22.6 Å². The van der Waals surface area contributed by atoms with E-state index in [9.17, 15) is 4.79 Å². The average molecular weight is 314 g/mol. The fraction of sp³-hybridized carbons (Fsp3) is 0.214. The lowest BCUT2D eigenvalue weighted by Gasteiger charge is -2.05. The molecular formula is C14H14N6O3. The normalized spacial score (nSPS) is 10.7. The molecule has 0 aliphatic carbocycles. The van der Waals surface area contributed by atoms with E-state index in [0.29, 0.717) is 17.3 Å². The highest BCUT2D eigenvalue weighted by atomic mass is 16.5. The van der Waals surface area contributed by atoms with Gasteiger partial charge < -0.3 is 14.6 Å². The molecule has 0 radical (unpaired) electrons. The molecule has 0 atom stereocenters. The highest BCUT2D eigenvalue weighted by molar-refractivity contribution is 6.03. The van der Waals surface area contributed by atoms with Crippen LogP contribution in [0.5, 0.6) is 0 Å². The van der Waals surface area contributed by atoms with Gasteiger partial charge in [-0.25, -0.2) is 4.68 Å². The number of aromatic nitrogens is 5. The summed E-state index contributed by atoms with van der Waals surface area (Å²) < 4.78 is 11.5. The third kappa shape index (κ3) is 3.24. The first kappa shape index (κ1) is 14.9. The molecule has 9 nitrogen and oxygen atoms in total. The Morgan fingerprint density at radius 2 is 2.26 bits per heavy atom. The number of methoxy groups -OCH3 is 1. The average Bonchev–Trinajstić information content (AvgIpc) is 3.17. The van der Waals surface area contributed by atoms with Crippen LogP contribution < -0.4 is 5.32 Å². The summed E-state index contributed by atoms with van der Waals surface area (Å²) in [5.41, 5.74) is 1.57. The summed E-state index contributed by atoms with van der Waals surface area (Å²) in [5, 5.41) is 17.8. The van der Waals surface area contributed by atoms with E-state index in [2.05, 4.69) is 26.0 Å². The maximum atomic E-state index is 12.2. The molecule has 0 bridgehead atoms. The van der Waals surface area contributed by atoms with E-state index in [-0.39, 0.29) is 18.2 Å². The Morgan fingerprint density at radius 3 is 3.00 bits per heavy atom. The first-order chi connectivity index (χ1) is 11.2. The van der Waals surface area contributed by atoms with Crippen LogP contribution in [0.25, 0.3) is 11.4 Å². The van der Waals surface area contributed by atoms with Crippen LogP contribution in [0.1, 0.15) is 16.2 Å². The fourth-order valence-electron chi connectivity index (χ4n) is 2.04. The van der Waals surface area contributed by atoms with Crippen LogP contribution in [-0.4, -0.2) is 38.4 Å². The molecular weight excluding hydrogens is 300 g/mol. The van der Waals surface area contributed by atoms with Crippen molar-refractivity contribution in [3.8, 4) is 11.4 Å². The molecule has 1 amide bonds.